The molecule has 2 aromatic carbocycles. The number of carbonyl (C=O) groups is 1. The van der Waals surface area contributed by atoms with Crippen LogP contribution in [-0.4, -0.2) is 25.2 Å². The maximum atomic E-state index is 13.0. The van der Waals surface area contributed by atoms with Crippen LogP contribution in [0.4, 0.5) is 19.0 Å². The SMILES string of the molecule is C[C@@H](NC(=O)c1ccc2c(c1)c1cn(C)nc1n2-c1ccc(C(F)(F)F)cc1)c1cccc(N)n1. The van der Waals surface area contributed by atoms with Gasteiger partial charge < -0.3 is 11.1 Å². The van der Waals surface area contributed by atoms with E-state index >= 15 is 0 Å². The zero-order valence-corrected chi connectivity index (χ0v) is 18.8. The van der Waals surface area contributed by atoms with Gasteiger partial charge in [0.2, 0.25) is 0 Å². The van der Waals surface area contributed by atoms with Crippen molar-refractivity contribution >= 4 is 33.7 Å². The van der Waals surface area contributed by atoms with Gasteiger partial charge in [0.15, 0.2) is 5.65 Å². The molecule has 7 nitrogen and oxygen atoms in total. The molecule has 0 saturated carbocycles. The molecule has 0 unspecified atom stereocenters. The normalized spacial score (nSPS) is 12.8. The second-order valence-electron chi connectivity index (χ2n) is 8.33. The number of rotatable bonds is 4. The van der Waals surface area contributed by atoms with Gasteiger partial charge in [0, 0.05) is 35.3 Å². The van der Waals surface area contributed by atoms with Crippen LogP contribution >= 0.6 is 0 Å². The van der Waals surface area contributed by atoms with Crippen molar-refractivity contribution in [3.63, 3.8) is 0 Å². The number of nitrogens with zero attached hydrogens (tertiary/aromatic N) is 4. The summed E-state index contributed by atoms with van der Waals surface area (Å²) in [4.78, 5) is 17.3. The lowest BCUT2D eigenvalue weighted by atomic mass is 10.1. The van der Waals surface area contributed by atoms with Crippen molar-refractivity contribution in [1.82, 2.24) is 24.6 Å². The number of hydrogen-bond acceptors (Lipinski definition) is 4. The third kappa shape index (κ3) is 4.07. The number of nitrogen functional groups attached to an aromatic ring is 1. The Balaban J connectivity index is 1.54. The number of nitrogens with one attached hydrogen (secondary N) is 1. The summed E-state index contributed by atoms with van der Waals surface area (Å²) in [6.07, 6.45) is -2.60. The first-order valence-electron chi connectivity index (χ1n) is 10.8. The Hall–Kier alpha value is -4.34. The summed E-state index contributed by atoms with van der Waals surface area (Å²) in [5, 5.41) is 8.97. The molecule has 0 aliphatic heterocycles. The van der Waals surface area contributed by atoms with Crippen LogP contribution in [0.5, 0.6) is 0 Å². The number of aryl methyl sites for hydroxylation is 1. The lowest BCUT2D eigenvalue weighted by Crippen LogP contribution is -2.27. The molecule has 5 aromatic rings. The molecule has 1 amide bonds. The van der Waals surface area contributed by atoms with Crippen LogP contribution in [0.2, 0.25) is 0 Å². The molecular formula is C25H21F3N6O. The van der Waals surface area contributed by atoms with Gasteiger partial charge >= 0.3 is 6.18 Å². The lowest BCUT2D eigenvalue weighted by molar-refractivity contribution is -0.137. The molecule has 0 bridgehead atoms. The topological polar surface area (TPSA) is 90.8 Å². The minimum absolute atomic E-state index is 0.289. The number of benzene rings is 2. The van der Waals surface area contributed by atoms with E-state index in [0.29, 0.717) is 28.4 Å². The van der Waals surface area contributed by atoms with Crippen molar-refractivity contribution in [3.05, 3.63) is 83.7 Å². The molecule has 1 atom stereocenters. The summed E-state index contributed by atoms with van der Waals surface area (Å²) in [6.45, 7) is 1.82. The van der Waals surface area contributed by atoms with Crippen LogP contribution in [0.15, 0.2) is 66.9 Å². The number of nitrogens with two attached hydrogens (primary N) is 1. The molecule has 35 heavy (non-hydrogen) atoms. The minimum Gasteiger partial charge on any atom is -0.384 e. The first kappa shape index (κ1) is 22.5. The molecule has 3 N–H and O–H groups in total. The monoisotopic (exact) mass is 478 g/mol. The molecule has 0 fully saturated rings. The Bertz CT molecular complexity index is 1570. The van der Waals surface area contributed by atoms with Crippen molar-refractivity contribution in [2.24, 2.45) is 7.05 Å². The Labute approximate surface area is 198 Å². The largest absolute Gasteiger partial charge is 0.416 e. The van der Waals surface area contributed by atoms with E-state index in [2.05, 4.69) is 15.4 Å². The highest BCUT2D eigenvalue weighted by Gasteiger charge is 2.30. The van der Waals surface area contributed by atoms with Gasteiger partial charge in [-0.15, -0.1) is 0 Å². The third-order valence-corrected chi connectivity index (χ3v) is 5.85. The van der Waals surface area contributed by atoms with E-state index in [0.717, 1.165) is 28.4 Å². The van der Waals surface area contributed by atoms with E-state index in [4.69, 9.17) is 5.73 Å². The van der Waals surface area contributed by atoms with Crippen molar-refractivity contribution in [2.45, 2.75) is 19.1 Å². The van der Waals surface area contributed by atoms with Gasteiger partial charge in [-0.25, -0.2) is 4.98 Å². The summed E-state index contributed by atoms with van der Waals surface area (Å²) in [6, 6.07) is 15.0. The van der Waals surface area contributed by atoms with Crippen molar-refractivity contribution in [3.8, 4) is 5.69 Å². The molecule has 3 aromatic heterocycles. The number of pyridine rings is 1. The number of carbonyl (C=O) groups excluding carboxylic acids is 1. The molecule has 3 heterocycles. The number of fused-ring (bicyclic) bond motifs is 3. The molecule has 178 valence electrons. The van der Waals surface area contributed by atoms with Gasteiger partial charge in [-0.3, -0.25) is 14.0 Å². The molecule has 0 saturated heterocycles. The Morgan fingerprint density at radius 1 is 1.06 bits per heavy atom. The zero-order valence-electron chi connectivity index (χ0n) is 18.8. The van der Waals surface area contributed by atoms with Crippen LogP contribution in [0, 0.1) is 0 Å². The molecule has 0 aliphatic carbocycles. The highest BCUT2D eigenvalue weighted by molar-refractivity contribution is 6.10. The standard InChI is InChI=1S/C25H21F3N6O/c1-14(20-4-3-5-22(29)31-20)30-24(35)15-6-11-21-18(12-15)19-13-33(2)32-23(19)34(21)17-9-7-16(8-10-17)25(26,27)28/h3-14H,1-2H3,(H2,29,31)(H,30,35)/t14-/m1/s1. The maximum absolute atomic E-state index is 13.0. The smallest absolute Gasteiger partial charge is 0.384 e. The molecule has 0 radical (unpaired) electrons. The summed E-state index contributed by atoms with van der Waals surface area (Å²) >= 11 is 0. The third-order valence-electron chi connectivity index (χ3n) is 5.85. The van der Waals surface area contributed by atoms with Crippen LogP contribution in [0.1, 0.15) is 34.6 Å². The highest BCUT2D eigenvalue weighted by Crippen LogP contribution is 2.34. The van der Waals surface area contributed by atoms with Crippen LogP contribution in [0.3, 0.4) is 0 Å². The number of amides is 1. The van der Waals surface area contributed by atoms with Gasteiger partial charge in [0.1, 0.15) is 5.82 Å². The Morgan fingerprint density at radius 3 is 2.49 bits per heavy atom. The lowest BCUT2D eigenvalue weighted by Gasteiger charge is -2.14. The van der Waals surface area contributed by atoms with Gasteiger partial charge in [0.25, 0.3) is 5.91 Å². The maximum Gasteiger partial charge on any atom is 0.416 e. The van der Waals surface area contributed by atoms with Crippen molar-refractivity contribution < 1.29 is 18.0 Å². The fourth-order valence-corrected chi connectivity index (χ4v) is 4.16. The van der Waals surface area contributed by atoms with Crippen molar-refractivity contribution in [2.75, 3.05) is 5.73 Å². The number of halogens is 3. The first-order chi connectivity index (χ1) is 16.6. The highest BCUT2D eigenvalue weighted by atomic mass is 19.4. The average Bonchev–Trinajstić information content (AvgIpc) is 3.32. The molecule has 0 aliphatic rings. The van der Waals surface area contributed by atoms with E-state index in [1.54, 1.807) is 52.7 Å². The fraction of sp³-hybridized carbons (Fsp3) is 0.160. The van der Waals surface area contributed by atoms with Gasteiger partial charge in [-0.1, -0.05) is 6.07 Å². The predicted octanol–water partition coefficient (Wildman–Crippen LogP) is 5.00. The molecular weight excluding hydrogens is 457 g/mol. The minimum atomic E-state index is -4.42. The number of aromatic nitrogens is 4. The van der Waals surface area contributed by atoms with E-state index in [-0.39, 0.29) is 11.9 Å². The fourth-order valence-electron chi connectivity index (χ4n) is 4.16. The van der Waals surface area contributed by atoms with E-state index in [1.165, 1.54) is 12.1 Å². The summed E-state index contributed by atoms with van der Waals surface area (Å²) in [7, 11) is 1.76. The summed E-state index contributed by atoms with van der Waals surface area (Å²) in [5.41, 5.74) is 7.94. The van der Waals surface area contributed by atoms with Crippen molar-refractivity contribution in [1.29, 1.82) is 0 Å². The molecule has 5 rings (SSSR count). The Morgan fingerprint density at radius 2 is 1.80 bits per heavy atom. The second kappa shape index (κ2) is 8.15. The molecule has 0 spiro atoms. The van der Waals surface area contributed by atoms with E-state index < -0.39 is 11.7 Å². The average molecular weight is 478 g/mol. The zero-order chi connectivity index (χ0) is 24.9. The second-order valence-corrected chi connectivity index (χ2v) is 8.33. The number of hydrogen-bond donors (Lipinski definition) is 2. The first-order valence-corrected chi connectivity index (χ1v) is 10.8. The van der Waals surface area contributed by atoms with Crippen LogP contribution in [0.25, 0.3) is 27.6 Å². The van der Waals surface area contributed by atoms with Crippen LogP contribution < -0.4 is 11.1 Å². The molecule has 10 heteroatoms. The van der Waals surface area contributed by atoms with Crippen LogP contribution in [-0.2, 0) is 13.2 Å². The predicted molar refractivity (Wildman–Crippen MR) is 127 cm³/mol. The number of alkyl halides is 3. The van der Waals surface area contributed by atoms with E-state index in [9.17, 15) is 18.0 Å². The van der Waals surface area contributed by atoms with Gasteiger partial charge in [0.05, 0.1) is 22.8 Å². The Kier molecular flexibility index (Phi) is 5.23. The van der Waals surface area contributed by atoms with E-state index in [1.807, 2.05) is 13.1 Å². The van der Waals surface area contributed by atoms with Gasteiger partial charge in [-0.2, -0.15) is 18.3 Å². The summed E-state index contributed by atoms with van der Waals surface area (Å²) in [5.74, 6) is 0.0801. The summed E-state index contributed by atoms with van der Waals surface area (Å²) < 4.78 is 42.5. The number of anilines is 1. The quantitative estimate of drug-likeness (QED) is 0.380. The van der Waals surface area contributed by atoms with Gasteiger partial charge in [-0.05, 0) is 61.5 Å².